The zero-order valence-electron chi connectivity index (χ0n) is 11.5. The number of halogens is 3. The molecule has 0 N–H and O–H groups in total. The molecule has 0 radical (unpaired) electrons. The minimum atomic E-state index is -0.361. The van der Waals surface area contributed by atoms with Gasteiger partial charge in [0.2, 0.25) is 6.79 Å². The van der Waals surface area contributed by atoms with E-state index in [-0.39, 0.29) is 12.9 Å². The molecule has 22 heavy (non-hydrogen) atoms. The highest BCUT2D eigenvalue weighted by Gasteiger charge is 2.25. The van der Waals surface area contributed by atoms with Crippen molar-refractivity contribution in [2.75, 3.05) is 18.7 Å². The van der Waals surface area contributed by atoms with E-state index in [2.05, 4.69) is 15.9 Å². The van der Waals surface area contributed by atoms with Crippen LogP contribution in [0.1, 0.15) is 17.2 Å². The molecular weight excluding hydrogens is 391 g/mol. The van der Waals surface area contributed by atoms with Crippen LogP contribution in [0.25, 0.3) is 0 Å². The van der Waals surface area contributed by atoms with Gasteiger partial charge in [0.25, 0.3) is 0 Å². The van der Waals surface area contributed by atoms with Gasteiger partial charge in [0.05, 0.1) is 6.61 Å². The average molecular weight is 404 g/mol. The fourth-order valence-electron chi connectivity index (χ4n) is 2.38. The first-order valence-electron chi connectivity index (χ1n) is 6.71. The zero-order valence-corrected chi connectivity index (χ0v) is 14.6. The van der Waals surface area contributed by atoms with Crippen molar-refractivity contribution in [3.8, 4) is 11.5 Å². The Bertz CT molecular complexity index is 625. The summed E-state index contributed by atoms with van der Waals surface area (Å²) in [6, 6.07) is 10.9. The summed E-state index contributed by atoms with van der Waals surface area (Å²) >= 11 is 15.7. The highest BCUT2D eigenvalue weighted by molar-refractivity contribution is 9.09. The fourth-order valence-corrected chi connectivity index (χ4v) is 2.93. The summed E-state index contributed by atoms with van der Waals surface area (Å²) in [5.41, 5.74) is 1.72. The van der Waals surface area contributed by atoms with Crippen LogP contribution in [-0.2, 0) is 4.74 Å². The van der Waals surface area contributed by atoms with E-state index in [0.717, 1.165) is 16.5 Å². The quantitative estimate of drug-likeness (QED) is 0.657. The van der Waals surface area contributed by atoms with Crippen molar-refractivity contribution in [2.45, 2.75) is 6.10 Å². The number of rotatable bonds is 3. The Balaban J connectivity index is 2.14. The molecule has 3 nitrogen and oxygen atoms in total. The van der Waals surface area contributed by atoms with Gasteiger partial charge in [0.15, 0.2) is 0 Å². The van der Waals surface area contributed by atoms with Gasteiger partial charge in [-0.05, 0) is 36.4 Å². The third kappa shape index (κ3) is 3.35. The second-order valence-corrected chi connectivity index (χ2v) is 6.38. The van der Waals surface area contributed by atoms with E-state index in [1.54, 1.807) is 12.1 Å². The lowest BCUT2D eigenvalue weighted by Gasteiger charge is -2.26. The minimum absolute atomic E-state index is 0.119. The molecule has 6 heteroatoms. The second kappa shape index (κ2) is 7.09. The number of ether oxygens (including phenoxy) is 3. The van der Waals surface area contributed by atoms with E-state index in [1.165, 1.54) is 0 Å². The summed E-state index contributed by atoms with van der Waals surface area (Å²) in [6.45, 7) is 0.650. The molecule has 1 heterocycles. The van der Waals surface area contributed by atoms with Gasteiger partial charge >= 0.3 is 0 Å². The van der Waals surface area contributed by atoms with E-state index >= 15 is 0 Å². The van der Waals surface area contributed by atoms with Crippen LogP contribution in [-0.4, -0.2) is 18.7 Å². The van der Waals surface area contributed by atoms with Crippen molar-refractivity contribution in [1.82, 2.24) is 0 Å². The van der Waals surface area contributed by atoms with Crippen LogP contribution in [0, 0.1) is 0 Å². The molecule has 3 rings (SSSR count). The van der Waals surface area contributed by atoms with E-state index in [0.29, 0.717) is 28.2 Å². The highest BCUT2D eigenvalue weighted by Crippen LogP contribution is 2.41. The summed E-state index contributed by atoms with van der Waals surface area (Å²) < 4.78 is 17.4. The van der Waals surface area contributed by atoms with Gasteiger partial charge in [0, 0.05) is 26.5 Å². The summed E-state index contributed by atoms with van der Waals surface area (Å²) in [7, 11) is 0. The van der Waals surface area contributed by atoms with Gasteiger partial charge in [-0.1, -0.05) is 39.1 Å². The van der Waals surface area contributed by atoms with Gasteiger partial charge < -0.3 is 14.2 Å². The fraction of sp³-hybridized carbons (Fsp3) is 0.250. The lowest BCUT2D eigenvalue weighted by molar-refractivity contribution is 0.0658. The Morgan fingerprint density at radius 3 is 2.05 bits per heavy atom. The second-order valence-electron chi connectivity index (χ2n) is 4.71. The lowest BCUT2D eigenvalue weighted by atomic mass is 9.99. The first-order chi connectivity index (χ1) is 10.7. The zero-order chi connectivity index (χ0) is 15.5. The average Bonchev–Trinajstić information content (AvgIpc) is 2.50. The maximum atomic E-state index is 6.15. The molecule has 0 atom stereocenters. The van der Waals surface area contributed by atoms with Crippen LogP contribution in [0.15, 0.2) is 36.4 Å². The number of alkyl halides is 1. The van der Waals surface area contributed by atoms with Crippen molar-refractivity contribution in [1.29, 1.82) is 0 Å². The highest BCUT2D eigenvalue weighted by atomic mass is 79.9. The molecule has 1 aliphatic rings. The van der Waals surface area contributed by atoms with Crippen molar-refractivity contribution in [2.24, 2.45) is 0 Å². The monoisotopic (exact) mass is 402 g/mol. The number of hydrogen-bond acceptors (Lipinski definition) is 3. The minimum Gasteiger partial charge on any atom is -0.457 e. The van der Waals surface area contributed by atoms with Gasteiger partial charge in [-0.2, -0.15) is 0 Å². The number of benzene rings is 2. The SMILES string of the molecule is Clc1ccc2c(c1)C(OCCBr)c1cc(Cl)ccc1OCO2. The largest absolute Gasteiger partial charge is 0.457 e. The first-order valence-corrected chi connectivity index (χ1v) is 8.59. The lowest BCUT2D eigenvalue weighted by Crippen LogP contribution is -2.17. The molecule has 2 aromatic rings. The van der Waals surface area contributed by atoms with E-state index in [4.69, 9.17) is 37.4 Å². The van der Waals surface area contributed by atoms with Gasteiger partial charge in [-0.3, -0.25) is 0 Å². The summed E-state index contributed by atoms with van der Waals surface area (Å²) in [5.74, 6) is 1.38. The van der Waals surface area contributed by atoms with E-state index in [9.17, 15) is 0 Å². The van der Waals surface area contributed by atoms with Crippen LogP contribution < -0.4 is 9.47 Å². The molecular formula is C16H13BrCl2O3. The molecule has 0 spiro atoms. The number of hydrogen-bond donors (Lipinski definition) is 0. The predicted molar refractivity (Wildman–Crippen MR) is 90.6 cm³/mol. The van der Waals surface area contributed by atoms with Crippen LogP contribution in [0.2, 0.25) is 10.0 Å². The Hall–Kier alpha value is -0.940. The van der Waals surface area contributed by atoms with Gasteiger partial charge in [0.1, 0.15) is 17.6 Å². The third-order valence-corrected chi connectivity index (χ3v) is 4.09. The molecule has 0 unspecified atom stereocenters. The molecule has 0 bridgehead atoms. The van der Waals surface area contributed by atoms with Crippen molar-refractivity contribution in [3.05, 3.63) is 57.6 Å². The van der Waals surface area contributed by atoms with Crippen LogP contribution in [0.4, 0.5) is 0 Å². The molecule has 0 aliphatic carbocycles. The van der Waals surface area contributed by atoms with Crippen molar-refractivity contribution < 1.29 is 14.2 Å². The topological polar surface area (TPSA) is 27.7 Å². The standard InChI is InChI=1S/C16H13BrCl2O3/c17-5-6-20-16-12-7-10(18)1-3-14(12)21-9-22-15-4-2-11(19)8-13(15)16/h1-4,7-8,16H,5-6,9H2. The molecule has 0 aromatic heterocycles. The predicted octanol–water partition coefficient (Wildman–Crippen LogP) is 5.22. The van der Waals surface area contributed by atoms with E-state index < -0.39 is 0 Å². The van der Waals surface area contributed by atoms with E-state index in [1.807, 2.05) is 24.3 Å². The van der Waals surface area contributed by atoms with Crippen molar-refractivity contribution in [3.63, 3.8) is 0 Å². The smallest absolute Gasteiger partial charge is 0.230 e. The van der Waals surface area contributed by atoms with Crippen molar-refractivity contribution >= 4 is 39.1 Å². The van der Waals surface area contributed by atoms with Gasteiger partial charge in [-0.25, -0.2) is 0 Å². The number of fused-ring (bicyclic) bond motifs is 2. The van der Waals surface area contributed by atoms with Gasteiger partial charge in [-0.15, -0.1) is 0 Å². The van der Waals surface area contributed by atoms with Crippen LogP contribution in [0.5, 0.6) is 11.5 Å². The normalized spacial score (nSPS) is 14.1. The Kier molecular flexibility index (Phi) is 5.14. The van der Waals surface area contributed by atoms with Crippen LogP contribution in [0.3, 0.4) is 0 Å². The summed E-state index contributed by atoms with van der Waals surface area (Å²) in [4.78, 5) is 0. The molecule has 0 amide bonds. The summed E-state index contributed by atoms with van der Waals surface area (Å²) in [6.07, 6.45) is -0.361. The third-order valence-electron chi connectivity index (χ3n) is 3.30. The summed E-state index contributed by atoms with van der Waals surface area (Å²) in [5, 5.41) is 1.97. The molecule has 116 valence electrons. The van der Waals surface area contributed by atoms with Crippen LogP contribution >= 0.6 is 39.1 Å². The maximum absolute atomic E-state index is 6.15. The molecule has 0 saturated heterocycles. The Morgan fingerprint density at radius 1 is 1.00 bits per heavy atom. The molecule has 0 fully saturated rings. The Morgan fingerprint density at radius 2 is 1.55 bits per heavy atom. The molecule has 1 aliphatic heterocycles. The maximum Gasteiger partial charge on any atom is 0.230 e. The molecule has 2 aromatic carbocycles. The molecule has 0 saturated carbocycles. The Labute approximate surface area is 147 Å². The first kappa shape index (κ1) is 15.9.